The molecule has 0 radical (unpaired) electrons. The number of amides is 2. The number of aliphatic carboxylic acids is 1. The molecule has 0 spiro atoms. The highest BCUT2D eigenvalue weighted by atomic mass is 16.4. The average Bonchev–Trinajstić information content (AvgIpc) is 2.82. The van der Waals surface area contributed by atoms with Crippen LogP contribution >= 0.6 is 0 Å². The molecule has 0 aromatic heterocycles. The van der Waals surface area contributed by atoms with E-state index < -0.39 is 11.4 Å². The van der Waals surface area contributed by atoms with E-state index in [1.807, 2.05) is 6.92 Å². The molecule has 0 bridgehead atoms. The van der Waals surface area contributed by atoms with Crippen LogP contribution in [0.15, 0.2) is 18.2 Å². The first-order valence-electron chi connectivity index (χ1n) is 9.11. The standard InChI is InChI=1S/C20H28N2O4/c1-14-8-9-15(12-16(14)18(24)22(2)3)21-17(23)13-20(19(25)26)10-6-4-5-7-11-20/h8-9,12H,4-7,10-11,13H2,1-3H3,(H,21,23)(H,25,26). The van der Waals surface area contributed by atoms with Crippen LogP contribution in [0.1, 0.15) is 60.9 Å². The normalized spacial score (nSPS) is 16.4. The van der Waals surface area contributed by atoms with Crippen molar-refractivity contribution >= 4 is 23.5 Å². The first-order valence-corrected chi connectivity index (χ1v) is 9.11. The van der Waals surface area contributed by atoms with Gasteiger partial charge in [-0.1, -0.05) is 31.7 Å². The molecule has 0 aliphatic heterocycles. The molecule has 26 heavy (non-hydrogen) atoms. The van der Waals surface area contributed by atoms with Gasteiger partial charge in [-0.2, -0.15) is 0 Å². The molecular formula is C20H28N2O4. The molecule has 0 heterocycles. The lowest BCUT2D eigenvalue weighted by Gasteiger charge is -2.27. The van der Waals surface area contributed by atoms with Crippen molar-refractivity contribution in [3.63, 3.8) is 0 Å². The van der Waals surface area contributed by atoms with Crippen molar-refractivity contribution in [1.82, 2.24) is 4.90 Å². The number of nitrogens with zero attached hydrogens (tertiary/aromatic N) is 1. The van der Waals surface area contributed by atoms with Crippen LogP contribution in [0.3, 0.4) is 0 Å². The maximum absolute atomic E-state index is 12.5. The highest BCUT2D eigenvalue weighted by Gasteiger charge is 2.40. The Morgan fingerprint density at radius 3 is 2.27 bits per heavy atom. The van der Waals surface area contributed by atoms with E-state index in [0.29, 0.717) is 24.1 Å². The van der Waals surface area contributed by atoms with Gasteiger partial charge in [0.05, 0.1) is 5.41 Å². The minimum atomic E-state index is -0.979. The molecule has 1 aromatic carbocycles. The number of aryl methyl sites for hydroxylation is 1. The molecule has 1 fully saturated rings. The van der Waals surface area contributed by atoms with Crippen LogP contribution in [-0.2, 0) is 9.59 Å². The van der Waals surface area contributed by atoms with E-state index in [9.17, 15) is 19.5 Å². The lowest BCUT2D eigenvalue weighted by Crippen LogP contribution is -2.35. The minimum absolute atomic E-state index is 0.0346. The second-order valence-electron chi connectivity index (χ2n) is 7.45. The fourth-order valence-electron chi connectivity index (χ4n) is 3.56. The summed E-state index contributed by atoms with van der Waals surface area (Å²) in [6.07, 6.45) is 4.75. The van der Waals surface area contributed by atoms with Gasteiger partial charge < -0.3 is 15.3 Å². The Labute approximate surface area is 154 Å². The van der Waals surface area contributed by atoms with Crippen LogP contribution < -0.4 is 5.32 Å². The van der Waals surface area contributed by atoms with Gasteiger partial charge in [0.2, 0.25) is 5.91 Å². The molecule has 0 saturated heterocycles. The molecule has 2 N–H and O–H groups in total. The lowest BCUT2D eigenvalue weighted by atomic mass is 9.77. The molecule has 6 heteroatoms. The number of rotatable bonds is 5. The van der Waals surface area contributed by atoms with E-state index in [1.165, 1.54) is 4.90 Å². The molecule has 6 nitrogen and oxygen atoms in total. The first kappa shape index (κ1) is 19.9. The smallest absolute Gasteiger partial charge is 0.310 e. The summed E-state index contributed by atoms with van der Waals surface area (Å²) in [5, 5.41) is 12.5. The number of hydrogen-bond acceptors (Lipinski definition) is 3. The SMILES string of the molecule is Cc1ccc(NC(=O)CC2(C(=O)O)CCCCCC2)cc1C(=O)N(C)C. The Morgan fingerprint density at radius 1 is 1.12 bits per heavy atom. The Hall–Kier alpha value is -2.37. The highest BCUT2D eigenvalue weighted by Crippen LogP contribution is 2.38. The summed E-state index contributed by atoms with van der Waals surface area (Å²) in [6.45, 7) is 1.84. The first-order chi connectivity index (χ1) is 12.2. The number of carboxylic acids is 1. The monoisotopic (exact) mass is 360 g/mol. The van der Waals surface area contributed by atoms with Crippen LogP contribution in [0.4, 0.5) is 5.69 Å². The third kappa shape index (κ3) is 4.62. The summed E-state index contributed by atoms with van der Waals surface area (Å²) in [4.78, 5) is 38.1. The maximum Gasteiger partial charge on any atom is 0.310 e. The van der Waals surface area contributed by atoms with Crippen LogP contribution in [0.5, 0.6) is 0 Å². The van der Waals surface area contributed by atoms with Crippen LogP contribution in [-0.4, -0.2) is 41.9 Å². The Kier molecular flexibility index (Phi) is 6.40. The van der Waals surface area contributed by atoms with Crippen molar-refractivity contribution in [1.29, 1.82) is 0 Å². The van der Waals surface area contributed by atoms with Gasteiger partial charge in [-0.15, -0.1) is 0 Å². The van der Waals surface area contributed by atoms with Gasteiger partial charge in [-0.25, -0.2) is 0 Å². The molecule has 1 saturated carbocycles. The van der Waals surface area contributed by atoms with Crippen LogP contribution in [0.25, 0.3) is 0 Å². The summed E-state index contributed by atoms with van der Waals surface area (Å²) in [7, 11) is 3.35. The molecule has 0 atom stereocenters. The van der Waals surface area contributed by atoms with Gasteiger partial charge >= 0.3 is 5.97 Å². The molecule has 2 amide bonds. The third-order valence-electron chi connectivity index (χ3n) is 5.17. The van der Waals surface area contributed by atoms with Gasteiger partial charge in [0.1, 0.15) is 0 Å². The molecule has 1 aliphatic carbocycles. The summed E-state index contributed by atoms with van der Waals surface area (Å²) in [5.41, 5.74) is 0.885. The fourth-order valence-corrected chi connectivity index (χ4v) is 3.56. The fraction of sp³-hybridized carbons (Fsp3) is 0.550. The summed E-state index contributed by atoms with van der Waals surface area (Å²) >= 11 is 0. The topological polar surface area (TPSA) is 86.7 Å². The van der Waals surface area contributed by atoms with Gasteiger partial charge in [-0.05, 0) is 37.5 Å². The number of carbonyl (C=O) groups is 3. The van der Waals surface area contributed by atoms with Crippen molar-refractivity contribution in [2.24, 2.45) is 5.41 Å². The Balaban J connectivity index is 2.15. The molecule has 1 aromatic rings. The number of nitrogens with one attached hydrogen (secondary N) is 1. The van der Waals surface area contributed by atoms with Crippen LogP contribution in [0.2, 0.25) is 0 Å². The molecule has 0 unspecified atom stereocenters. The van der Waals surface area contributed by atoms with Gasteiger partial charge in [0, 0.05) is 31.8 Å². The van der Waals surface area contributed by atoms with E-state index in [4.69, 9.17) is 0 Å². The van der Waals surface area contributed by atoms with Crippen LogP contribution in [0, 0.1) is 12.3 Å². The largest absolute Gasteiger partial charge is 0.481 e. The van der Waals surface area contributed by atoms with E-state index in [0.717, 1.165) is 31.2 Å². The highest BCUT2D eigenvalue weighted by molar-refractivity contribution is 5.99. The number of benzene rings is 1. The van der Waals surface area contributed by atoms with E-state index in [2.05, 4.69) is 5.32 Å². The summed E-state index contributed by atoms with van der Waals surface area (Å²) in [6, 6.07) is 5.17. The van der Waals surface area contributed by atoms with Gasteiger partial charge in [0.25, 0.3) is 5.91 Å². The third-order valence-corrected chi connectivity index (χ3v) is 5.17. The zero-order chi connectivity index (χ0) is 19.3. The predicted octanol–water partition coefficient (Wildman–Crippen LogP) is 3.45. The molecule has 2 rings (SSSR count). The minimum Gasteiger partial charge on any atom is -0.481 e. The van der Waals surface area contributed by atoms with Crippen molar-refractivity contribution in [2.45, 2.75) is 51.9 Å². The quantitative estimate of drug-likeness (QED) is 0.788. The van der Waals surface area contributed by atoms with Crippen molar-refractivity contribution in [3.05, 3.63) is 29.3 Å². The Morgan fingerprint density at radius 2 is 1.73 bits per heavy atom. The van der Waals surface area contributed by atoms with Crippen molar-refractivity contribution in [2.75, 3.05) is 19.4 Å². The summed E-state index contributed by atoms with van der Waals surface area (Å²) in [5.74, 6) is -1.34. The number of anilines is 1. The molecule has 142 valence electrons. The molecule has 1 aliphatic rings. The number of carboxylic acid groups (broad SMARTS) is 1. The second-order valence-corrected chi connectivity index (χ2v) is 7.45. The number of carbonyl (C=O) groups excluding carboxylic acids is 2. The van der Waals surface area contributed by atoms with Gasteiger partial charge in [-0.3, -0.25) is 14.4 Å². The number of hydrogen-bond donors (Lipinski definition) is 2. The van der Waals surface area contributed by atoms with Gasteiger partial charge in [0.15, 0.2) is 0 Å². The Bertz CT molecular complexity index is 689. The molecular weight excluding hydrogens is 332 g/mol. The van der Waals surface area contributed by atoms with Crippen molar-refractivity contribution in [3.8, 4) is 0 Å². The zero-order valence-electron chi connectivity index (χ0n) is 15.8. The second kappa shape index (κ2) is 8.34. The zero-order valence-corrected chi connectivity index (χ0v) is 15.8. The average molecular weight is 360 g/mol. The van der Waals surface area contributed by atoms with E-state index >= 15 is 0 Å². The van der Waals surface area contributed by atoms with Crippen molar-refractivity contribution < 1.29 is 19.5 Å². The summed E-state index contributed by atoms with van der Waals surface area (Å²) < 4.78 is 0. The van der Waals surface area contributed by atoms with E-state index in [-0.39, 0.29) is 18.2 Å². The van der Waals surface area contributed by atoms with E-state index in [1.54, 1.807) is 32.3 Å². The lowest BCUT2D eigenvalue weighted by molar-refractivity contribution is -0.152. The predicted molar refractivity (Wildman–Crippen MR) is 100 cm³/mol. The maximum atomic E-state index is 12.5.